The van der Waals surface area contributed by atoms with Gasteiger partial charge in [-0.15, -0.1) is 13.2 Å². The zero-order valence-electron chi connectivity index (χ0n) is 6.44. The number of rotatable bonds is 2. The van der Waals surface area contributed by atoms with Crippen molar-refractivity contribution < 1.29 is 0 Å². The van der Waals surface area contributed by atoms with Crippen LogP contribution in [-0.2, 0) is 0 Å². The van der Waals surface area contributed by atoms with Crippen molar-refractivity contribution >= 4 is 13.2 Å². The average Bonchev–Trinajstić information content (AvgIpc) is 1.21. The van der Waals surface area contributed by atoms with Gasteiger partial charge in [0.05, 0.1) is 0 Å². The highest BCUT2D eigenvalue weighted by Crippen LogP contribution is 2.36. The van der Waals surface area contributed by atoms with Gasteiger partial charge in [-0.1, -0.05) is 13.8 Å². The first-order valence-electron chi connectivity index (χ1n) is 3.09. The van der Waals surface area contributed by atoms with Gasteiger partial charge in [0.1, 0.15) is 0 Å². The minimum absolute atomic E-state index is 0.722. The van der Waals surface area contributed by atoms with E-state index in [1.165, 1.54) is 6.16 Å². The largest absolute Gasteiger partial charge is 0.118 e. The number of hydrogen-bond donors (Lipinski definition) is 0. The van der Waals surface area contributed by atoms with Gasteiger partial charge >= 0.3 is 0 Å². The van der Waals surface area contributed by atoms with Crippen molar-refractivity contribution in [3.8, 4) is 0 Å². The van der Waals surface area contributed by atoms with E-state index in [0.717, 1.165) is 5.92 Å². The standard InChI is InChI=1S/C7H17P/c1-7(2)6-8(3,4)5/h7H,3,6H2,1-2,4-5H3. The second-order valence-corrected chi connectivity index (χ2v) is 7.75. The Labute approximate surface area is 53.3 Å². The van der Waals surface area contributed by atoms with Crippen LogP contribution in [0.2, 0.25) is 0 Å². The molecule has 0 aliphatic rings. The van der Waals surface area contributed by atoms with Crippen molar-refractivity contribution in [2.45, 2.75) is 13.8 Å². The van der Waals surface area contributed by atoms with Crippen molar-refractivity contribution in [3.05, 3.63) is 0 Å². The molecular formula is C7H17P. The van der Waals surface area contributed by atoms with E-state index in [0.29, 0.717) is 0 Å². The van der Waals surface area contributed by atoms with Crippen LogP contribution in [-0.4, -0.2) is 25.8 Å². The van der Waals surface area contributed by atoms with Crippen molar-refractivity contribution in [1.82, 2.24) is 0 Å². The third-order valence-corrected chi connectivity index (χ3v) is 2.58. The summed E-state index contributed by atoms with van der Waals surface area (Å²) in [5.74, 6) is 0.829. The van der Waals surface area contributed by atoms with E-state index >= 15 is 0 Å². The van der Waals surface area contributed by atoms with Gasteiger partial charge in [0, 0.05) is 0 Å². The molecule has 0 nitrogen and oxygen atoms in total. The highest BCUT2D eigenvalue weighted by Gasteiger charge is 2.01. The zero-order chi connectivity index (χ0) is 6.78. The smallest absolute Gasteiger partial charge is 0.0314 e. The molecule has 0 N–H and O–H groups in total. The maximum atomic E-state index is 4.12. The molecule has 0 saturated carbocycles. The molecule has 0 amide bonds. The average molecular weight is 132 g/mol. The fourth-order valence-electron chi connectivity index (χ4n) is 0.988. The molecule has 0 atom stereocenters. The summed E-state index contributed by atoms with van der Waals surface area (Å²) in [5.41, 5.74) is 0. The molecule has 0 aromatic rings. The Morgan fingerprint density at radius 2 is 1.75 bits per heavy atom. The van der Waals surface area contributed by atoms with E-state index in [4.69, 9.17) is 0 Å². The topological polar surface area (TPSA) is 0 Å². The summed E-state index contributed by atoms with van der Waals surface area (Å²) >= 11 is 0. The highest BCUT2D eigenvalue weighted by molar-refractivity contribution is 7.72. The lowest BCUT2D eigenvalue weighted by molar-refractivity contribution is 0.745. The summed E-state index contributed by atoms with van der Waals surface area (Å²) in [5, 5.41) is 0. The van der Waals surface area contributed by atoms with Crippen molar-refractivity contribution in [3.63, 3.8) is 0 Å². The van der Waals surface area contributed by atoms with E-state index in [1.54, 1.807) is 0 Å². The molecule has 0 fully saturated rings. The van der Waals surface area contributed by atoms with Crippen LogP contribution in [0.15, 0.2) is 0 Å². The van der Waals surface area contributed by atoms with E-state index < -0.39 is 6.89 Å². The van der Waals surface area contributed by atoms with Gasteiger partial charge in [0.15, 0.2) is 0 Å². The molecule has 0 aromatic carbocycles. The predicted molar refractivity (Wildman–Crippen MR) is 45.6 cm³/mol. The molecule has 0 aliphatic heterocycles. The Morgan fingerprint density at radius 3 is 1.75 bits per heavy atom. The fraction of sp³-hybridized carbons (Fsp3) is 0.857. The Kier molecular flexibility index (Phi) is 2.83. The van der Waals surface area contributed by atoms with Crippen LogP contribution in [0.4, 0.5) is 0 Å². The second-order valence-electron chi connectivity index (χ2n) is 3.51. The Bertz CT molecular complexity index is 97.0. The van der Waals surface area contributed by atoms with Gasteiger partial charge in [-0.25, -0.2) is 0 Å². The minimum Gasteiger partial charge on any atom is -0.118 e. The van der Waals surface area contributed by atoms with E-state index in [-0.39, 0.29) is 0 Å². The highest BCUT2D eigenvalue weighted by atomic mass is 31.2. The van der Waals surface area contributed by atoms with E-state index in [9.17, 15) is 0 Å². The molecule has 0 aliphatic carbocycles. The zero-order valence-corrected chi connectivity index (χ0v) is 7.33. The lowest BCUT2D eigenvalue weighted by atomic mass is 10.3. The lowest BCUT2D eigenvalue weighted by Crippen LogP contribution is -1.95. The Hall–Kier alpha value is 0.300. The molecule has 0 spiro atoms. The summed E-state index contributed by atoms with van der Waals surface area (Å²) < 4.78 is 0. The van der Waals surface area contributed by atoms with Crippen LogP contribution in [0.25, 0.3) is 0 Å². The maximum Gasteiger partial charge on any atom is -0.0314 e. The SMILES string of the molecule is C=P(C)(C)CC(C)C. The maximum absolute atomic E-state index is 4.12. The molecule has 1 heteroatoms. The summed E-state index contributed by atoms with van der Waals surface area (Å²) in [4.78, 5) is 0. The summed E-state index contributed by atoms with van der Waals surface area (Å²) in [6.45, 7) is 8.36. The molecule has 0 aromatic heterocycles. The molecule has 0 bridgehead atoms. The third-order valence-electron chi connectivity index (χ3n) is 0.859. The molecule has 0 saturated heterocycles. The predicted octanol–water partition coefficient (Wildman–Crippen LogP) is 2.35. The van der Waals surface area contributed by atoms with Crippen LogP contribution in [0, 0.1) is 5.92 Å². The van der Waals surface area contributed by atoms with E-state index in [1.807, 2.05) is 0 Å². The second kappa shape index (κ2) is 2.73. The van der Waals surface area contributed by atoms with Gasteiger partial charge in [-0.2, -0.15) is 0 Å². The monoisotopic (exact) mass is 132 g/mol. The summed E-state index contributed by atoms with van der Waals surface area (Å²) in [6.07, 6.45) is 5.45. The van der Waals surface area contributed by atoms with Crippen molar-refractivity contribution in [2.24, 2.45) is 5.92 Å². The first-order valence-corrected chi connectivity index (χ1v) is 6.14. The quantitative estimate of drug-likeness (QED) is 0.506. The first kappa shape index (κ1) is 8.30. The molecule has 0 unspecified atom stereocenters. The van der Waals surface area contributed by atoms with Crippen molar-refractivity contribution in [1.29, 1.82) is 0 Å². The first-order chi connectivity index (χ1) is 3.42. The van der Waals surface area contributed by atoms with Crippen LogP contribution < -0.4 is 0 Å². The summed E-state index contributed by atoms with van der Waals surface area (Å²) in [6, 6.07) is 0. The molecule has 8 heavy (non-hydrogen) atoms. The normalized spacial score (nSPS) is 12.6. The van der Waals surface area contributed by atoms with Crippen molar-refractivity contribution in [2.75, 3.05) is 19.5 Å². The molecule has 0 radical (unpaired) electrons. The molecule has 0 heterocycles. The van der Waals surface area contributed by atoms with Gasteiger partial charge in [0.2, 0.25) is 0 Å². The van der Waals surface area contributed by atoms with E-state index in [2.05, 4.69) is 33.5 Å². The van der Waals surface area contributed by atoms with Crippen LogP contribution in [0.3, 0.4) is 0 Å². The van der Waals surface area contributed by atoms with Crippen LogP contribution in [0.5, 0.6) is 0 Å². The Balaban J connectivity index is 3.56. The van der Waals surface area contributed by atoms with Gasteiger partial charge in [0.25, 0.3) is 0 Å². The van der Waals surface area contributed by atoms with Gasteiger partial charge in [-0.05, 0) is 25.4 Å². The molecule has 0 rings (SSSR count). The number of hydrogen-bond acceptors (Lipinski definition) is 0. The molecule has 50 valence electrons. The van der Waals surface area contributed by atoms with Gasteiger partial charge < -0.3 is 0 Å². The summed E-state index contributed by atoms with van der Waals surface area (Å²) in [7, 11) is 0. The van der Waals surface area contributed by atoms with Gasteiger partial charge in [-0.3, -0.25) is 0 Å². The fourth-order valence-corrected chi connectivity index (χ4v) is 2.97. The Morgan fingerprint density at radius 1 is 1.38 bits per heavy atom. The molecular weight excluding hydrogens is 115 g/mol. The third kappa shape index (κ3) is 6.30. The minimum atomic E-state index is -0.722. The lowest BCUT2D eigenvalue weighted by Gasteiger charge is -2.14. The van der Waals surface area contributed by atoms with Crippen LogP contribution >= 0.6 is 6.89 Å². The van der Waals surface area contributed by atoms with Crippen LogP contribution in [0.1, 0.15) is 13.8 Å².